The number of carbonyl (C=O) groups excluding carboxylic acids is 1. The summed E-state index contributed by atoms with van der Waals surface area (Å²) in [4.78, 5) is 16.7. The lowest BCUT2D eigenvalue weighted by Gasteiger charge is -2.23. The van der Waals surface area contributed by atoms with E-state index in [9.17, 15) is 13.6 Å². The Kier molecular flexibility index (Phi) is 7.70. The Labute approximate surface area is 180 Å². The molecule has 1 amide bonds. The standard InChI is InChI=1S/C23H26F2N2O4/c1-29-19-10-8-18(9-11-19)26-13-4-14-27(16-15-26)21(28)12-7-17-5-3-6-20(30-2)22(17)31-23(24)25/h3,5-12,23H,4,13-16H2,1-2H3/b12-7+. The first-order valence-electron chi connectivity index (χ1n) is 9.99. The average Bonchev–Trinajstić information content (AvgIpc) is 3.04. The normalized spacial score (nSPS) is 14.6. The summed E-state index contributed by atoms with van der Waals surface area (Å²) in [5, 5.41) is 0. The first kappa shape index (κ1) is 22.4. The molecule has 0 aromatic heterocycles. The minimum absolute atomic E-state index is 0.0920. The number of rotatable bonds is 7. The van der Waals surface area contributed by atoms with E-state index in [0.717, 1.165) is 24.4 Å². The molecule has 1 heterocycles. The second kappa shape index (κ2) is 10.7. The number of carbonyl (C=O) groups is 1. The fourth-order valence-electron chi connectivity index (χ4n) is 3.50. The van der Waals surface area contributed by atoms with Gasteiger partial charge in [-0.2, -0.15) is 8.78 Å². The number of benzene rings is 2. The van der Waals surface area contributed by atoms with Crippen molar-refractivity contribution in [2.45, 2.75) is 13.0 Å². The van der Waals surface area contributed by atoms with Crippen LogP contribution >= 0.6 is 0 Å². The highest BCUT2D eigenvalue weighted by molar-refractivity contribution is 5.92. The first-order chi connectivity index (χ1) is 15.0. The molecule has 1 aliphatic heterocycles. The van der Waals surface area contributed by atoms with Crippen LogP contribution in [0, 0.1) is 0 Å². The monoisotopic (exact) mass is 432 g/mol. The van der Waals surface area contributed by atoms with Crippen molar-refractivity contribution in [1.29, 1.82) is 0 Å². The van der Waals surface area contributed by atoms with E-state index in [-0.39, 0.29) is 17.4 Å². The number of alkyl halides is 2. The number of amides is 1. The lowest BCUT2D eigenvalue weighted by molar-refractivity contribution is -0.125. The van der Waals surface area contributed by atoms with Crippen LogP contribution in [-0.2, 0) is 4.79 Å². The van der Waals surface area contributed by atoms with E-state index in [1.165, 1.54) is 25.3 Å². The topological polar surface area (TPSA) is 51.2 Å². The predicted molar refractivity (Wildman–Crippen MR) is 115 cm³/mol. The van der Waals surface area contributed by atoms with Gasteiger partial charge < -0.3 is 24.0 Å². The molecule has 8 heteroatoms. The van der Waals surface area contributed by atoms with Crippen molar-refractivity contribution in [2.24, 2.45) is 0 Å². The van der Waals surface area contributed by atoms with Crippen molar-refractivity contribution < 1.29 is 27.8 Å². The summed E-state index contributed by atoms with van der Waals surface area (Å²) in [6.07, 6.45) is 3.69. The predicted octanol–water partition coefficient (Wildman–Crippen LogP) is 4.06. The van der Waals surface area contributed by atoms with Gasteiger partial charge in [0.05, 0.1) is 14.2 Å². The summed E-state index contributed by atoms with van der Waals surface area (Å²) in [6.45, 7) is -0.275. The maximum Gasteiger partial charge on any atom is 0.387 e. The Balaban J connectivity index is 1.66. The highest BCUT2D eigenvalue weighted by atomic mass is 19.3. The minimum Gasteiger partial charge on any atom is -0.497 e. The Morgan fingerprint density at radius 3 is 2.45 bits per heavy atom. The fraction of sp³-hybridized carbons (Fsp3) is 0.348. The number of anilines is 1. The Hall–Kier alpha value is -3.29. The van der Waals surface area contributed by atoms with Crippen molar-refractivity contribution in [3.05, 3.63) is 54.1 Å². The van der Waals surface area contributed by atoms with Crippen LogP contribution in [0.1, 0.15) is 12.0 Å². The van der Waals surface area contributed by atoms with E-state index >= 15 is 0 Å². The maximum atomic E-state index is 12.8. The zero-order valence-corrected chi connectivity index (χ0v) is 17.6. The van der Waals surface area contributed by atoms with Crippen molar-refractivity contribution in [2.75, 3.05) is 45.3 Å². The SMILES string of the molecule is COc1ccc(N2CCCN(C(=O)/C=C/c3cccc(OC)c3OC(F)F)CC2)cc1. The quantitative estimate of drug-likeness (QED) is 0.618. The average molecular weight is 432 g/mol. The van der Waals surface area contributed by atoms with Crippen molar-refractivity contribution in [3.63, 3.8) is 0 Å². The zero-order chi connectivity index (χ0) is 22.2. The highest BCUT2D eigenvalue weighted by Crippen LogP contribution is 2.33. The van der Waals surface area contributed by atoms with Crippen LogP contribution in [0.4, 0.5) is 14.5 Å². The molecule has 166 valence electrons. The molecule has 0 aliphatic carbocycles. The van der Waals surface area contributed by atoms with E-state index in [1.54, 1.807) is 24.1 Å². The second-order valence-electron chi connectivity index (χ2n) is 6.95. The van der Waals surface area contributed by atoms with Gasteiger partial charge >= 0.3 is 6.61 Å². The maximum absolute atomic E-state index is 12.8. The number of nitrogens with zero attached hydrogens (tertiary/aromatic N) is 2. The van der Waals surface area contributed by atoms with Gasteiger partial charge in [-0.3, -0.25) is 4.79 Å². The van der Waals surface area contributed by atoms with E-state index in [1.807, 2.05) is 24.3 Å². The summed E-state index contributed by atoms with van der Waals surface area (Å²) in [5.74, 6) is 0.709. The smallest absolute Gasteiger partial charge is 0.387 e. The number of halogens is 2. The van der Waals surface area contributed by atoms with E-state index in [0.29, 0.717) is 25.2 Å². The van der Waals surface area contributed by atoms with Gasteiger partial charge in [0, 0.05) is 43.5 Å². The summed E-state index contributed by atoms with van der Waals surface area (Å²) in [7, 11) is 3.00. The number of hydrogen-bond donors (Lipinski definition) is 0. The Bertz CT molecular complexity index is 903. The largest absolute Gasteiger partial charge is 0.497 e. The second-order valence-corrected chi connectivity index (χ2v) is 6.95. The lowest BCUT2D eigenvalue weighted by atomic mass is 10.1. The molecule has 1 aliphatic rings. The van der Waals surface area contributed by atoms with Gasteiger partial charge in [0.2, 0.25) is 5.91 Å². The molecule has 6 nitrogen and oxygen atoms in total. The van der Waals surface area contributed by atoms with E-state index in [2.05, 4.69) is 9.64 Å². The highest BCUT2D eigenvalue weighted by Gasteiger charge is 2.19. The summed E-state index contributed by atoms with van der Waals surface area (Å²) < 4.78 is 40.5. The van der Waals surface area contributed by atoms with Crippen molar-refractivity contribution >= 4 is 17.7 Å². The van der Waals surface area contributed by atoms with Gasteiger partial charge in [0.25, 0.3) is 0 Å². The molecule has 1 saturated heterocycles. The molecular formula is C23H26F2N2O4. The number of hydrogen-bond acceptors (Lipinski definition) is 5. The minimum atomic E-state index is -2.99. The Morgan fingerprint density at radius 1 is 1.00 bits per heavy atom. The van der Waals surface area contributed by atoms with Gasteiger partial charge in [-0.15, -0.1) is 0 Å². The molecule has 0 N–H and O–H groups in total. The molecule has 0 spiro atoms. The van der Waals surface area contributed by atoms with Gasteiger partial charge in [0.1, 0.15) is 5.75 Å². The first-order valence-corrected chi connectivity index (χ1v) is 9.99. The Morgan fingerprint density at radius 2 is 1.77 bits per heavy atom. The van der Waals surface area contributed by atoms with Crippen LogP contribution in [0.2, 0.25) is 0 Å². The number of methoxy groups -OCH3 is 2. The van der Waals surface area contributed by atoms with Crippen LogP contribution in [-0.4, -0.2) is 57.8 Å². The number of ether oxygens (including phenoxy) is 3. The molecule has 2 aromatic rings. The zero-order valence-electron chi connectivity index (χ0n) is 17.6. The lowest BCUT2D eigenvalue weighted by Crippen LogP contribution is -2.34. The third-order valence-corrected chi connectivity index (χ3v) is 5.09. The van der Waals surface area contributed by atoms with Gasteiger partial charge in [-0.25, -0.2) is 0 Å². The van der Waals surface area contributed by atoms with Crippen LogP contribution in [0.5, 0.6) is 17.2 Å². The molecule has 1 fully saturated rings. The van der Waals surface area contributed by atoms with E-state index in [4.69, 9.17) is 9.47 Å². The molecule has 0 unspecified atom stereocenters. The molecule has 3 rings (SSSR count). The molecule has 31 heavy (non-hydrogen) atoms. The number of para-hydroxylation sites is 1. The summed E-state index contributed by atoms with van der Waals surface area (Å²) >= 11 is 0. The molecule has 0 radical (unpaired) electrons. The van der Waals surface area contributed by atoms with Crippen LogP contribution in [0.25, 0.3) is 6.08 Å². The fourth-order valence-corrected chi connectivity index (χ4v) is 3.50. The van der Waals surface area contributed by atoms with Gasteiger partial charge in [0.15, 0.2) is 11.5 Å². The molecule has 0 bridgehead atoms. The molecule has 0 saturated carbocycles. The van der Waals surface area contributed by atoms with Crippen LogP contribution in [0.3, 0.4) is 0 Å². The van der Waals surface area contributed by atoms with Crippen molar-refractivity contribution in [3.8, 4) is 17.2 Å². The van der Waals surface area contributed by atoms with Crippen LogP contribution in [0.15, 0.2) is 48.5 Å². The summed E-state index contributed by atoms with van der Waals surface area (Å²) in [5.41, 5.74) is 1.43. The molecule has 2 aromatic carbocycles. The van der Waals surface area contributed by atoms with Gasteiger partial charge in [-0.1, -0.05) is 12.1 Å². The molecule has 0 atom stereocenters. The van der Waals surface area contributed by atoms with Crippen molar-refractivity contribution in [1.82, 2.24) is 4.90 Å². The third kappa shape index (κ3) is 5.87. The van der Waals surface area contributed by atoms with E-state index < -0.39 is 6.61 Å². The summed E-state index contributed by atoms with van der Waals surface area (Å²) in [6, 6.07) is 12.6. The molecular weight excluding hydrogens is 406 g/mol. The van der Waals surface area contributed by atoms with Gasteiger partial charge in [-0.05, 0) is 42.8 Å². The van der Waals surface area contributed by atoms with Crippen LogP contribution < -0.4 is 19.1 Å². The third-order valence-electron chi connectivity index (χ3n) is 5.09.